The predicted octanol–water partition coefficient (Wildman–Crippen LogP) is 2.63. The quantitative estimate of drug-likeness (QED) is 0.904. The molecule has 0 saturated heterocycles. The second-order valence-electron chi connectivity index (χ2n) is 3.68. The first-order valence-electron chi connectivity index (χ1n) is 5.45. The van der Waals surface area contributed by atoms with E-state index < -0.39 is 0 Å². The second kappa shape index (κ2) is 5.25. The Morgan fingerprint density at radius 3 is 2.82 bits per heavy atom. The number of rotatable bonds is 4. The Kier molecular flexibility index (Phi) is 3.71. The minimum absolute atomic E-state index is 0.400. The van der Waals surface area contributed by atoms with E-state index in [2.05, 4.69) is 28.3 Å². The maximum atomic E-state index is 5.77. The first-order valence-corrected chi connectivity index (χ1v) is 6.33. The molecule has 90 valence electrons. The summed E-state index contributed by atoms with van der Waals surface area (Å²) in [6.07, 6.45) is 0. The highest BCUT2D eigenvalue weighted by atomic mass is 32.1. The molecule has 0 bridgehead atoms. The highest BCUT2D eigenvalue weighted by Gasteiger charge is 2.06. The minimum atomic E-state index is 0.400. The van der Waals surface area contributed by atoms with Crippen LogP contribution in [0.25, 0.3) is 11.3 Å². The maximum absolute atomic E-state index is 5.77. The summed E-state index contributed by atoms with van der Waals surface area (Å²) in [7, 11) is 0. The fraction of sp³-hybridized carbons (Fsp3) is 0.333. The van der Waals surface area contributed by atoms with E-state index in [1.165, 1.54) is 4.88 Å². The molecule has 0 atom stereocenters. The van der Waals surface area contributed by atoms with Crippen molar-refractivity contribution in [3.63, 3.8) is 0 Å². The molecule has 0 aromatic carbocycles. The van der Waals surface area contributed by atoms with Gasteiger partial charge in [-0.15, -0.1) is 11.3 Å². The number of thiophene rings is 1. The Morgan fingerprint density at radius 1 is 1.35 bits per heavy atom. The number of hydrogen-bond acceptors (Lipinski definition) is 5. The highest BCUT2D eigenvalue weighted by Crippen LogP contribution is 2.24. The van der Waals surface area contributed by atoms with Gasteiger partial charge in [0.15, 0.2) is 5.82 Å². The third-order valence-corrected chi connectivity index (χ3v) is 3.12. The molecule has 0 spiro atoms. The molecular weight excluding hydrogens is 234 g/mol. The average molecular weight is 249 g/mol. The molecule has 0 unspecified atom stereocenters. The fourth-order valence-electron chi connectivity index (χ4n) is 1.50. The normalized spacial score (nSPS) is 10.7. The van der Waals surface area contributed by atoms with Gasteiger partial charge in [0.1, 0.15) is 12.4 Å². The first kappa shape index (κ1) is 12.0. The van der Waals surface area contributed by atoms with Gasteiger partial charge < -0.3 is 10.5 Å². The van der Waals surface area contributed by atoms with E-state index in [-0.39, 0.29) is 0 Å². The topological polar surface area (TPSA) is 61.0 Å². The Morgan fingerprint density at radius 2 is 2.18 bits per heavy atom. The number of nitrogens with two attached hydrogens (primary N) is 1. The van der Waals surface area contributed by atoms with Gasteiger partial charge in [-0.3, -0.25) is 0 Å². The van der Waals surface area contributed by atoms with Crippen LogP contribution in [0.1, 0.15) is 17.6 Å². The van der Waals surface area contributed by atoms with Crippen molar-refractivity contribution in [3.8, 4) is 11.3 Å². The van der Waals surface area contributed by atoms with Crippen LogP contribution in [0.5, 0.6) is 0 Å². The minimum Gasteiger partial charge on any atom is -0.384 e. The lowest BCUT2D eigenvalue weighted by Gasteiger charge is -2.04. The molecule has 0 aliphatic heterocycles. The van der Waals surface area contributed by atoms with E-state index in [4.69, 9.17) is 10.5 Å². The van der Waals surface area contributed by atoms with Gasteiger partial charge in [-0.05, 0) is 19.9 Å². The van der Waals surface area contributed by atoms with Crippen molar-refractivity contribution in [2.45, 2.75) is 20.5 Å². The number of aryl methyl sites for hydroxylation is 1. The van der Waals surface area contributed by atoms with Crippen LogP contribution in [0.3, 0.4) is 0 Å². The molecule has 2 rings (SSSR count). The molecular formula is C12H15N3OS. The number of nitrogen functional groups attached to an aromatic ring is 1. The van der Waals surface area contributed by atoms with E-state index >= 15 is 0 Å². The molecule has 2 aromatic rings. The van der Waals surface area contributed by atoms with E-state index in [0.717, 1.165) is 11.3 Å². The summed E-state index contributed by atoms with van der Waals surface area (Å²) in [5.74, 6) is 1.11. The third-order valence-electron chi connectivity index (χ3n) is 2.25. The van der Waals surface area contributed by atoms with Gasteiger partial charge in [0.05, 0.1) is 5.69 Å². The van der Waals surface area contributed by atoms with Crippen molar-refractivity contribution in [1.82, 2.24) is 9.97 Å². The van der Waals surface area contributed by atoms with Crippen molar-refractivity contribution in [2.75, 3.05) is 12.3 Å². The molecule has 0 radical (unpaired) electrons. The monoisotopic (exact) mass is 249 g/mol. The van der Waals surface area contributed by atoms with Crippen molar-refractivity contribution < 1.29 is 4.74 Å². The van der Waals surface area contributed by atoms with E-state index in [9.17, 15) is 0 Å². The maximum Gasteiger partial charge on any atom is 0.157 e. The van der Waals surface area contributed by atoms with Gasteiger partial charge in [-0.25, -0.2) is 9.97 Å². The Labute approximate surface area is 104 Å². The van der Waals surface area contributed by atoms with Crippen LogP contribution in [0.15, 0.2) is 17.5 Å². The zero-order valence-electron chi connectivity index (χ0n) is 9.93. The van der Waals surface area contributed by atoms with Crippen LogP contribution in [0.4, 0.5) is 5.82 Å². The zero-order valence-corrected chi connectivity index (χ0v) is 10.8. The first-order chi connectivity index (χ1) is 8.19. The zero-order chi connectivity index (χ0) is 12.3. The number of anilines is 1. The SMILES string of the molecule is CCOCc1nc(N)cc(-c2csc(C)c2)n1. The van der Waals surface area contributed by atoms with Gasteiger partial charge in [0.25, 0.3) is 0 Å². The van der Waals surface area contributed by atoms with Crippen molar-refractivity contribution in [1.29, 1.82) is 0 Å². The van der Waals surface area contributed by atoms with Gasteiger partial charge in [0, 0.05) is 28.5 Å². The van der Waals surface area contributed by atoms with Gasteiger partial charge in [0.2, 0.25) is 0 Å². The van der Waals surface area contributed by atoms with Crippen LogP contribution in [-0.4, -0.2) is 16.6 Å². The van der Waals surface area contributed by atoms with E-state index in [1.807, 2.05) is 6.92 Å². The van der Waals surface area contributed by atoms with Crippen LogP contribution < -0.4 is 5.73 Å². The van der Waals surface area contributed by atoms with Gasteiger partial charge in [-0.2, -0.15) is 0 Å². The summed E-state index contributed by atoms with van der Waals surface area (Å²) >= 11 is 1.70. The molecule has 5 heteroatoms. The molecule has 0 saturated carbocycles. The molecule has 2 heterocycles. The highest BCUT2D eigenvalue weighted by molar-refractivity contribution is 7.10. The molecule has 17 heavy (non-hydrogen) atoms. The Hall–Kier alpha value is -1.46. The van der Waals surface area contributed by atoms with Crippen molar-refractivity contribution in [2.24, 2.45) is 0 Å². The lowest BCUT2D eigenvalue weighted by molar-refractivity contribution is 0.128. The largest absolute Gasteiger partial charge is 0.384 e. The lowest BCUT2D eigenvalue weighted by atomic mass is 10.2. The van der Waals surface area contributed by atoms with Crippen molar-refractivity contribution >= 4 is 17.2 Å². The number of ether oxygens (including phenoxy) is 1. The third kappa shape index (κ3) is 3.01. The molecule has 0 fully saturated rings. The molecule has 4 nitrogen and oxygen atoms in total. The summed E-state index contributed by atoms with van der Waals surface area (Å²) in [6.45, 7) is 5.05. The van der Waals surface area contributed by atoms with Gasteiger partial charge >= 0.3 is 0 Å². The molecule has 0 aliphatic carbocycles. The average Bonchev–Trinajstić information content (AvgIpc) is 2.72. The second-order valence-corrected chi connectivity index (χ2v) is 4.79. The summed E-state index contributed by atoms with van der Waals surface area (Å²) in [5.41, 5.74) is 7.71. The summed E-state index contributed by atoms with van der Waals surface area (Å²) in [5, 5.41) is 2.07. The number of nitrogens with zero attached hydrogens (tertiary/aromatic N) is 2. The van der Waals surface area contributed by atoms with Crippen molar-refractivity contribution in [3.05, 3.63) is 28.2 Å². The van der Waals surface area contributed by atoms with E-state index in [0.29, 0.717) is 24.9 Å². The molecule has 0 amide bonds. The standard InChI is InChI=1S/C12H15N3OS/c1-3-16-6-12-14-10(5-11(13)15-12)9-4-8(2)17-7-9/h4-5,7H,3,6H2,1-2H3,(H2,13,14,15). The summed E-state index contributed by atoms with van der Waals surface area (Å²) in [4.78, 5) is 9.85. The fourth-order valence-corrected chi connectivity index (χ4v) is 2.20. The predicted molar refractivity (Wildman–Crippen MR) is 69.8 cm³/mol. The van der Waals surface area contributed by atoms with E-state index in [1.54, 1.807) is 17.4 Å². The summed E-state index contributed by atoms with van der Waals surface area (Å²) < 4.78 is 5.29. The van der Waals surface area contributed by atoms with Crippen LogP contribution in [0.2, 0.25) is 0 Å². The van der Waals surface area contributed by atoms with Crippen LogP contribution in [0, 0.1) is 6.92 Å². The number of aromatic nitrogens is 2. The molecule has 2 aromatic heterocycles. The van der Waals surface area contributed by atoms with Crippen LogP contribution >= 0.6 is 11.3 Å². The number of hydrogen-bond donors (Lipinski definition) is 1. The molecule has 0 aliphatic rings. The molecule has 2 N–H and O–H groups in total. The Balaban J connectivity index is 2.31. The van der Waals surface area contributed by atoms with Gasteiger partial charge in [-0.1, -0.05) is 0 Å². The lowest BCUT2D eigenvalue weighted by Crippen LogP contribution is -2.03. The van der Waals surface area contributed by atoms with Crippen LogP contribution in [-0.2, 0) is 11.3 Å². The Bertz CT molecular complexity index is 510. The summed E-state index contributed by atoms with van der Waals surface area (Å²) in [6, 6.07) is 3.88. The smallest absolute Gasteiger partial charge is 0.157 e.